The Morgan fingerprint density at radius 2 is 1.97 bits per heavy atom. The van der Waals surface area contributed by atoms with Crippen LogP contribution in [0.5, 0.6) is 0 Å². The highest BCUT2D eigenvalue weighted by atomic mass is 32.2. The van der Waals surface area contributed by atoms with E-state index < -0.39 is 27.7 Å². The summed E-state index contributed by atoms with van der Waals surface area (Å²) in [5, 5.41) is 2.51. The maximum atomic E-state index is 13.2. The van der Waals surface area contributed by atoms with Gasteiger partial charge in [-0.1, -0.05) is 12.1 Å². The summed E-state index contributed by atoms with van der Waals surface area (Å²) in [5.74, 6) is -1.53. The zero-order chi connectivity index (χ0) is 22.4. The second-order valence-corrected chi connectivity index (χ2v) is 9.00. The fraction of sp³-hybridized carbons (Fsp3) is 0.333. The molecule has 0 saturated carbocycles. The van der Waals surface area contributed by atoms with Crippen LogP contribution in [0.1, 0.15) is 23.2 Å². The molecule has 0 aliphatic carbocycles. The standard InChI is InChI=1S/C21H24FN3O5S/c1-25(14-20(26)24-17-7-3-6-16(22)12-17)21(27)15-5-2-9-19(11-15)31(28,29)23-13-18-8-4-10-30-18/h2-3,5-7,9,11-12,18,23H,4,8,10,13-14H2,1H3,(H,24,26)/t18-/m0/s1. The van der Waals surface area contributed by atoms with Crippen molar-refractivity contribution in [3.8, 4) is 0 Å². The molecule has 0 unspecified atom stereocenters. The lowest BCUT2D eigenvalue weighted by Gasteiger charge is -2.17. The maximum absolute atomic E-state index is 13.2. The summed E-state index contributed by atoms with van der Waals surface area (Å²) < 4.78 is 46.3. The molecule has 0 bridgehead atoms. The highest BCUT2D eigenvalue weighted by Gasteiger charge is 2.22. The van der Waals surface area contributed by atoms with E-state index in [0.29, 0.717) is 6.61 Å². The minimum atomic E-state index is -3.81. The van der Waals surface area contributed by atoms with Gasteiger partial charge >= 0.3 is 0 Å². The molecule has 3 rings (SSSR count). The van der Waals surface area contributed by atoms with Gasteiger partial charge in [0.1, 0.15) is 5.82 Å². The minimum absolute atomic E-state index is 0.0473. The number of likely N-dealkylation sites (N-methyl/N-ethyl adjacent to an activating group) is 1. The Bertz CT molecular complexity index is 1050. The molecule has 1 fully saturated rings. The smallest absolute Gasteiger partial charge is 0.254 e. The van der Waals surface area contributed by atoms with Crippen molar-refractivity contribution in [2.24, 2.45) is 0 Å². The van der Waals surface area contributed by atoms with Gasteiger partial charge in [-0.2, -0.15) is 0 Å². The van der Waals surface area contributed by atoms with Gasteiger partial charge in [-0.25, -0.2) is 17.5 Å². The highest BCUT2D eigenvalue weighted by molar-refractivity contribution is 7.89. The molecular weight excluding hydrogens is 425 g/mol. The third kappa shape index (κ3) is 6.33. The van der Waals surface area contributed by atoms with Crippen molar-refractivity contribution in [1.82, 2.24) is 9.62 Å². The molecule has 1 aliphatic rings. The van der Waals surface area contributed by atoms with E-state index in [2.05, 4.69) is 10.0 Å². The molecule has 0 radical (unpaired) electrons. The van der Waals surface area contributed by atoms with Crippen LogP contribution in [0.2, 0.25) is 0 Å². The van der Waals surface area contributed by atoms with E-state index in [1.807, 2.05) is 0 Å². The highest BCUT2D eigenvalue weighted by Crippen LogP contribution is 2.16. The number of carbonyl (C=O) groups is 2. The Morgan fingerprint density at radius 1 is 1.19 bits per heavy atom. The van der Waals surface area contributed by atoms with Crippen molar-refractivity contribution in [3.05, 3.63) is 59.9 Å². The van der Waals surface area contributed by atoms with Crippen LogP contribution in [0.25, 0.3) is 0 Å². The van der Waals surface area contributed by atoms with Crippen LogP contribution in [0.3, 0.4) is 0 Å². The Labute approximate surface area is 180 Å². The molecule has 2 amide bonds. The van der Waals surface area contributed by atoms with Gasteiger partial charge in [0.05, 0.1) is 17.5 Å². The van der Waals surface area contributed by atoms with Crippen molar-refractivity contribution in [2.75, 3.05) is 32.1 Å². The fourth-order valence-electron chi connectivity index (χ4n) is 3.16. The zero-order valence-corrected chi connectivity index (χ0v) is 17.8. The SMILES string of the molecule is CN(CC(=O)Nc1cccc(F)c1)C(=O)c1cccc(S(=O)(=O)NC[C@@H]2CCCO2)c1. The van der Waals surface area contributed by atoms with Gasteiger partial charge in [0.15, 0.2) is 0 Å². The molecular formula is C21H24FN3O5S. The average Bonchev–Trinajstić information content (AvgIpc) is 3.25. The number of benzene rings is 2. The van der Waals surface area contributed by atoms with Crippen LogP contribution >= 0.6 is 0 Å². The number of hydrogen-bond donors (Lipinski definition) is 2. The van der Waals surface area contributed by atoms with Crippen LogP contribution < -0.4 is 10.0 Å². The average molecular weight is 450 g/mol. The van der Waals surface area contributed by atoms with Gasteiger partial charge in [0, 0.05) is 31.5 Å². The number of ether oxygens (including phenoxy) is 1. The predicted molar refractivity (Wildman–Crippen MR) is 113 cm³/mol. The van der Waals surface area contributed by atoms with Crippen LogP contribution in [0.15, 0.2) is 53.4 Å². The molecule has 1 heterocycles. The van der Waals surface area contributed by atoms with Crippen molar-refractivity contribution in [2.45, 2.75) is 23.8 Å². The minimum Gasteiger partial charge on any atom is -0.377 e. The number of hydrogen-bond acceptors (Lipinski definition) is 5. The van der Waals surface area contributed by atoms with E-state index in [9.17, 15) is 22.4 Å². The topological polar surface area (TPSA) is 105 Å². The fourth-order valence-corrected chi connectivity index (χ4v) is 4.27. The molecule has 166 valence electrons. The molecule has 1 saturated heterocycles. The van der Waals surface area contributed by atoms with Gasteiger partial charge in [-0.3, -0.25) is 9.59 Å². The summed E-state index contributed by atoms with van der Waals surface area (Å²) in [7, 11) is -2.39. The van der Waals surface area contributed by atoms with E-state index in [1.54, 1.807) is 0 Å². The molecule has 31 heavy (non-hydrogen) atoms. The van der Waals surface area contributed by atoms with Crippen LogP contribution in [0, 0.1) is 5.82 Å². The predicted octanol–water partition coefficient (Wildman–Crippen LogP) is 1.99. The van der Waals surface area contributed by atoms with Crippen molar-refractivity contribution in [1.29, 1.82) is 0 Å². The first-order valence-electron chi connectivity index (χ1n) is 9.77. The van der Waals surface area contributed by atoms with Gasteiger partial charge in [0.2, 0.25) is 15.9 Å². The summed E-state index contributed by atoms with van der Waals surface area (Å²) in [6.07, 6.45) is 1.54. The lowest BCUT2D eigenvalue weighted by atomic mass is 10.2. The number of nitrogens with zero attached hydrogens (tertiary/aromatic N) is 1. The Hall–Kier alpha value is -2.82. The second kappa shape index (κ2) is 9.99. The summed E-state index contributed by atoms with van der Waals surface area (Å²) in [5.41, 5.74) is 0.400. The number of rotatable bonds is 8. The summed E-state index contributed by atoms with van der Waals surface area (Å²) >= 11 is 0. The van der Waals surface area contributed by atoms with Crippen molar-refractivity contribution in [3.63, 3.8) is 0 Å². The van der Waals surface area contributed by atoms with E-state index >= 15 is 0 Å². The monoisotopic (exact) mass is 449 g/mol. The third-order valence-electron chi connectivity index (χ3n) is 4.75. The molecule has 0 aromatic heterocycles. The van der Waals surface area contributed by atoms with Crippen LogP contribution in [0.4, 0.5) is 10.1 Å². The molecule has 1 aliphatic heterocycles. The molecule has 8 nitrogen and oxygen atoms in total. The Balaban J connectivity index is 1.62. The van der Waals surface area contributed by atoms with Crippen LogP contribution in [-0.4, -0.2) is 58.0 Å². The zero-order valence-electron chi connectivity index (χ0n) is 17.0. The van der Waals surface area contributed by atoms with E-state index in [-0.39, 0.29) is 35.3 Å². The quantitative estimate of drug-likeness (QED) is 0.641. The van der Waals surface area contributed by atoms with Crippen molar-refractivity contribution < 1.29 is 27.1 Å². The molecule has 2 aromatic rings. The number of amides is 2. The van der Waals surface area contributed by atoms with Crippen LogP contribution in [-0.2, 0) is 19.6 Å². The normalized spacial score (nSPS) is 16.1. The number of nitrogens with one attached hydrogen (secondary N) is 2. The Kier molecular flexibility index (Phi) is 7.37. The molecule has 1 atom stereocenters. The largest absolute Gasteiger partial charge is 0.377 e. The number of anilines is 1. The first-order chi connectivity index (χ1) is 14.7. The first-order valence-corrected chi connectivity index (χ1v) is 11.2. The third-order valence-corrected chi connectivity index (χ3v) is 6.17. The Morgan fingerprint density at radius 3 is 2.68 bits per heavy atom. The number of halogens is 1. The van der Waals surface area contributed by atoms with Gasteiger partial charge in [-0.15, -0.1) is 0 Å². The molecule has 10 heteroatoms. The van der Waals surface area contributed by atoms with E-state index in [1.165, 1.54) is 49.5 Å². The van der Waals surface area contributed by atoms with E-state index in [4.69, 9.17) is 4.74 Å². The summed E-state index contributed by atoms with van der Waals surface area (Å²) in [6, 6.07) is 11.0. The lowest BCUT2D eigenvalue weighted by molar-refractivity contribution is -0.116. The van der Waals surface area contributed by atoms with Gasteiger partial charge < -0.3 is 15.0 Å². The maximum Gasteiger partial charge on any atom is 0.254 e. The second-order valence-electron chi connectivity index (χ2n) is 7.23. The first kappa shape index (κ1) is 22.9. The number of carbonyl (C=O) groups excluding carboxylic acids is 2. The number of sulfonamides is 1. The van der Waals surface area contributed by atoms with Gasteiger partial charge in [-0.05, 0) is 49.2 Å². The molecule has 2 N–H and O–H groups in total. The van der Waals surface area contributed by atoms with E-state index in [0.717, 1.165) is 23.8 Å². The van der Waals surface area contributed by atoms with Gasteiger partial charge in [0.25, 0.3) is 5.91 Å². The molecule has 0 spiro atoms. The summed E-state index contributed by atoms with van der Waals surface area (Å²) in [4.78, 5) is 26.0. The van der Waals surface area contributed by atoms with Crippen molar-refractivity contribution >= 4 is 27.5 Å². The summed E-state index contributed by atoms with van der Waals surface area (Å²) in [6.45, 7) is 0.500. The lowest BCUT2D eigenvalue weighted by Crippen LogP contribution is -2.35. The molecule has 2 aromatic carbocycles.